The quantitative estimate of drug-likeness (QED) is 0.163. The topological polar surface area (TPSA) is 34.7 Å². The summed E-state index contributed by atoms with van der Waals surface area (Å²) in [7, 11) is 0. The van der Waals surface area contributed by atoms with Crippen LogP contribution in [0.2, 0.25) is 0 Å². The van der Waals surface area contributed by atoms with Crippen LogP contribution >= 0.6 is 0 Å². The molecule has 0 N–H and O–H groups in total. The Labute approximate surface area is 442 Å². The highest BCUT2D eigenvalue weighted by Crippen LogP contribution is 2.57. The molecule has 0 unspecified atom stereocenters. The third-order valence-electron chi connectivity index (χ3n) is 15.6. The Morgan fingerprint density at radius 3 is 1.03 bits per heavy atom. The van der Waals surface area contributed by atoms with Gasteiger partial charge in [0.2, 0.25) is 0 Å². The molecule has 0 amide bonds. The molecule has 0 aromatic heterocycles. The fourth-order valence-electron chi connectivity index (χ4n) is 12.6. The average molecular weight is 963 g/mol. The fourth-order valence-corrected chi connectivity index (χ4v) is 12.6. The molecule has 75 heavy (non-hydrogen) atoms. The van der Waals surface area contributed by atoms with Crippen molar-refractivity contribution in [2.75, 3.05) is 24.5 Å². The minimum atomic E-state index is -1.01. The third kappa shape index (κ3) is 5.61. The van der Waals surface area contributed by atoms with Crippen LogP contribution in [0.5, 0.6) is 23.0 Å². The van der Waals surface area contributed by atoms with Crippen LogP contribution in [0.3, 0.4) is 0 Å². The van der Waals surface area contributed by atoms with E-state index in [1.54, 1.807) is 0 Å². The molecule has 0 bridgehead atoms. The summed E-state index contributed by atoms with van der Waals surface area (Å²) in [4.78, 5) is 10.5. The fraction of sp³-hybridized carbons (Fsp3) is 0. The van der Waals surface area contributed by atoms with Crippen molar-refractivity contribution >= 4 is 132 Å². The van der Waals surface area contributed by atoms with Crippen LogP contribution in [-0.4, -0.2) is 13.4 Å². The van der Waals surface area contributed by atoms with E-state index in [9.17, 15) is 6.85 Å². The van der Waals surface area contributed by atoms with Gasteiger partial charge in [0.25, 0.3) is 13.4 Å². The number of benzene rings is 11. The standard InChI is InChI=1S/C66H41B2N5O2/c1-5-21-42(22-6-1)69-50-31-15-13-29-46(50)67-47-30-14-16-32-51(47)73-55-40-57-63(75-61-36-20-18-34-53(61)71(57)44-25-9-3-10-26-44)38-49(55)68-48-37-62-56(70(43-23-7-2-8-24-43)52-33-17-19-35-60(52)74-62)39-54(48)72(45-27-11-4-12-28-45)59-41-58(69)64(67)66(73)65(59)68/h1-41H/i37D,38D,39D,40D,41D. The Morgan fingerprint density at radius 2 is 0.573 bits per heavy atom. The van der Waals surface area contributed by atoms with Crippen LogP contribution in [0.25, 0.3) is 0 Å². The van der Waals surface area contributed by atoms with E-state index in [4.69, 9.17) is 9.47 Å². The molecule has 11 aromatic carbocycles. The lowest BCUT2D eigenvalue weighted by molar-refractivity contribution is 0.477. The molecule has 7 nitrogen and oxygen atoms in total. The van der Waals surface area contributed by atoms with E-state index < -0.39 is 6.71 Å². The van der Waals surface area contributed by atoms with Crippen molar-refractivity contribution in [3.8, 4) is 23.0 Å². The van der Waals surface area contributed by atoms with Gasteiger partial charge in [-0.3, -0.25) is 0 Å². The number of hydrogen-bond donors (Lipinski definition) is 0. The Kier molecular flexibility index (Phi) is 7.39. The lowest BCUT2D eigenvalue weighted by atomic mass is 9.28. The van der Waals surface area contributed by atoms with Gasteiger partial charge in [-0.1, -0.05) is 133 Å². The highest BCUT2D eigenvalue weighted by atomic mass is 16.5. The Hall–Kier alpha value is -9.85. The van der Waals surface area contributed by atoms with Gasteiger partial charge in [0, 0.05) is 62.6 Å². The summed E-state index contributed by atoms with van der Waals surface area (Å²) in [6.07, 6.45) is 0. The van der Waals surface area contributed by atoms with Gasteiger partial charge in [0.15, 0.2) is 23.0 Å². The maximum atomic E-state index is 11.3. The number of ether oxygens (including phenoxy) is 2. The van der Waals surface area contributed by atoms with Crippen molar-refractivity contribution in [1.82, 2.24) is 0 Å². The van der Waals surface area contributed by atoms with Gasteiger partial charge in [-0.2, -0.15) is 0 Å². The average Bonchev–Trinajstić information content (AvgIpc) is 1.35. The zero-order valence-electron chi connectivity index (χ0n) is 45.0. The van der Waals surface area contributed by atoms with Crippen LogP contribution in [-0.2, 0) is 0 Å². The summed E-state index contributed by atoms with van der Waals surface area (Å²) in [5.41, 5.74) is 14.3. The van der Waals surface area contributed by atoms with Crippen LogP contribution in [0.4, 0.5) is 85.3 Å². The van der Waals surface area contributed by atoms with Gasteiger partial charge in [-0.15, -0.1) is 0 Å². The van der Waals surface area contributed by atoms with Crippen molar-refractivity contribution in [1.29, 1.82) is 0 Å². The van der Waals surface area contributed by atoms with Crippen LogP contribution < -0.4 is 66.8 Å². The highest BCUT2D eigenvalue weighted by molar-refractivity contribution is 7.05. The lowest BCUT2D eigenvalue weighted by Gasteiger charge is -2.51. The summed E-state index contributed by atoms with van der Waals surface area (Å²) in [6.45, 7) is -1.39. The first-order chi connectivity index (χ1) is 39.4. The Balaban J connectivity index is 1.08. The van der Waals surface area contributed by atoms with Crippen LogP contribution in [0.1, 0.15) is 6.85 Å². The predicted octanol–water partition coefficient (Wildman–Crippen LogP) is 13.5. The van der Waals surface area contributed by atoms with Gasteiger partial charge in [0.05, 0.1) is 29.6 Å². The number of para-hydroxylation sites is 10. The molecule has 0 saturated heterocycles. The number of fused-ring (bicyclic) bond motifs is 14. The normalized spacial score (nSPS) is 15.1. The minimum absolute atomic E-state index is 0.0266. The van der Waals surface area contributed by atoms with Gasteiger partial charge in [0.1, 0.15) is 0 Å². The first kappa shape index (κ1) is 36.1. The van der Waals surface area contributed by atoms with Gasteiger partial charge in [-0.25, -0.2) is 0 Å². The molecule has 6 aliphatic heterocycles. The van der Waals surface area contributed by atoms with Crippen molar-refractivity contribution < 1.29 is 16.3 Å². The molecule has 17 rings (SSSR count). The van der Waals surface area contributed by atoms with E-state index in [2.05, 4.69) is 64.4 Å². The molecular formula is C66H41B2N5O2. The molecule has 0 saturated carbocycles. The molecule has 0 radical (unpaired) electrons. The molecule has 348 valence electrons. The molecular weight excluding hydrogens is 916 g/mol. The summed E-state index contributed by atoms with van der Waals surface area (Å²) in [6, 6.07) is 72.7. The third-order valence-corrected chi connectivity index (χ3v) is 15.6. The molecule has 11 aromatic rings. The highest BCUT2D eigenvalue weighted by Gasteiger charge is 2.53. The van der Waals surface area contributed by atoms with Crippen LogP contribution in [0.15, 0.2) is 249 Å². The SMILES string of the molecule is [2H]c1c2c(c([2H])c3c1B1c4c([2H])c5c(c([2H])c4N4c6ccccc6B6c7ccccc7N(c7ccccc7)c7c([2H])c(c1c4c76)N3c1ccccc1)N(c1ccccc1)c1ccccc1O5)N(c1ccccc1)c1ccccc1O2. The van der Waals surface area contributed by atoms with E-state index in [0.717, 1.165) is 56.2 Å². The van der Waals surface area contributed by atoms with Gasteiger partial charge in [-0.05, 0) is 148 Å². The Bertz CT molecular complexity index is 4470. The second-order valence-electron chi connectivity index (χ2n) is 19.5. The van der Waals surface area contributed by atoms with Gasteiger partial charge < -0.3 is 34.0 Å². The van der Waals surface area contributed by atoms with Crippen molar-refractivity contribution in [3.05, 3.63) is 249 Å². The smallest absolute Gasteiger partial charge is 0.252 e. The molecule has 6 aliphatic rings. The number of rotatable bonds is 4. The van der Waals surface area contributed by atoms with E-state index in [1.165, 1.54) is 0 Å². The number of hydrogen-bond acceptors (Lipinski definition) is 7. The second-order valence-corrected chi connectivity index (χ2v) is 19.5. The first-order valence-electron chi connectivity index (χ1n) is 27.9. The van der Waals surface area contributed by atoms with E-state index in [0.29, 0.717) is 73.4 Å². The number of nitrogens with zero attached hydrogens (tertiary/aromatic N) is 5. The second kappa shape index (κ2) is 15.3. The summed E-state index contributed by atoms with van der Waals surface area (Å²) < 4.78 is 69.1. The van der Waals surface area contributed by atoms with E-state index in [1.807, 2.05) is 178 Å². The Morgan fingerprint density at radius 1 is 0.253 bits per heavy atom. The molecule has 0 spiro atoms. The summed E-state index contributed by atoms with van der Waals surface area (Å²) >= 11 is 0. The maximum Gasteiger partial charge on any atom is 0.252 e. The maximum absolute atomic E-state index is 11.3. The van der Waals surface area contributed by atoms with Gasteiger partial charge >= 0.3 is 0 Å². The molecule has 0 aliphatic carbocycles. The monoisotopic (exact) mass is 962 g/mol. The van der Waals surface area contributed by atoms with Crippen LogP contribution in [0, 0.1) is 0 Å². The summed E-state index contributed by atoms with van der Waals surface area (Å²) in [5.74, 6) is 1.44. The molecule has 6 heterocycles. The lowest BCUT2D eigenvalue weighted by Crippen LogP contribution is -2.68. The predicted molar refractivity (Wildman–Crippen MR) is 309 cm³/mol. The molecule has 9 heteroatoms. The van der Waals surface area contributed by atoms with Crippen molar-refractivity contribution in [2.45, 2.75) is 0 Å². The minimum Gasteiger partial charge on any atom is -0.453 e. The summed E-state index contributed by atoms with van der Waals surface area (Å²) in [5, 5.41) is 0. The molecule has 0 fully saturated rings. The van der Waals surface area contributed by atoms with Crippen molar-refractivity contribution in [3.63, 3.8) is 0 Å². The molecule has 0 atom stereocenters. The zero-order valence-corrected chi connectivity index (χ0v) is 40.0. The van der Waals surface area contributed by atoms with Crippen molar-refractivity contribution in [2.24, 2.45) is 0 Å². The van der Waals surface area contributed by atoms with E-state index in [-0.39, 0.29) is 48.4 Å². The number of anilines is 15. The van der Waals surface area contributed by atoms with E-state index >= 15 is 0 Å². The first-order valence-corrected chi connectivity index (χ1v) is 25.4. The zero-order chi connectivity index (χ0) is 53.2. The largest absolute Gasteiger partial charge is 0.453 e.